The van der Waals surface area contributed by atoms with Crippen molar-refractivity contribution >= 4 is 0 Å². The van der Waals surface area contributed by atoms with Crippen molar-refractivity contribution in [2.24, 2.45) is 0 Å². The van der Waals surface area contributed by atoms with E-state index in [1.54, 1.807) is 6.92 Å². The Morgan fingerprint density at radius 2 is 2.13 bits per heavy atom. The van der Waals surface area contributed by atoms with Gasteiger partial charge in [0.1, 0.15) is 5.75 Å². The molecule has 0 saturated heterocycles. The van der Waals surface area contributed by atoms with E-state index in [2.05, 4.69) is 0 Å². The molecule has 1 unspecified atom stereocenters. The lowest BCUT2D eigenvalue weighted by Gasteiger charge is -2.11. The number of hydrogen-bond acceptors (Lipinski definition) is 3. The average molecular weight is 210 g/mol. The molecule has 0 aromatic heterocycles. The molecule has 0 bridgehead atoms. The number of benzene rings is 1. The highest BCUT2D eigenvalue weighted by Gasteiger charge is 2.04. The number of aliphatic hydroxyl groups excluding tert-OH is 1. The van der Waals surface area contributed by atoms with Crippen LogP contribution >= 0.6 is 0 Å². The van der Waals surface area contributed by atoms with Crippen molar-refractivity contribution in [1.29, 1.82) is 0 Å². The first-order valence-corrected chi connectivity index (χ1v) is 5.14. The van der Waals surface area contributed by atoms with Crippen molar-refractivity contribution in [1.82, 2.24) is 0 Å². The molecule has 0 spiro atoms. The summed E-state index contributed by atoms with van der Waals surface area (Å²) in [5.74, 6) is 0.799. The molecule has 1 atom stereocenters. The summed E-state index contributed by atoms with van der Waals surface area (Å²) in [4.78, 5) is 0. The van der Waals surface area contributed by atoms with Crippen LogP contribution in [0.15, 0.2) is 18.2 Å². The molecule has 0 heterocycles. The lowest BCUT2D eigenvalue weighted by molar-refractivity contribution is 0.0220. The molecular formula is C12H18O3. The van der Waals surface area contributed by atoms with Crippen molar-refractivity contribution in [2.45, 2.75) is 26.9 Å². The standard InChI is InChI=1S/C12H18O3/c1-4-14-8-15-12-6-5-11(10(3)13)7-9(12)2/h5-7,10,13H,4,8H2,1-3H3. The summed E-state index contributed by atoms with van der Waals surface area (Å²) < 4.78 is 10.5. The van der Waals surface area contributed by atoms with Crippen molar-refractivity contribution in [3.8, 4) is 5.75 Å². The second kappa shape index (κ2) is 5.73. The van der Waals surface area contributed by atoms with Crippen LogP contribution in [0.1, 0.15) is 31.1 Å². The van der Waals surface area contributed by atoms with Crippen LogP contribution in [0, 0.1) is 6.92 Å². The Bertz CT molecular complexity index is 308. The van der Waals surface area contributed by atoms with Crippen LogP contribution in [0.25, 0.3) is 0 Å². The first-order chi connectivity index (χ1) is 7.15. The van der Waals surface area contributed by atoms with E-state index in [9.17, 15) is 5.11 Å². The molecule has 3 heteroatoms. The Morgan fingerprint density at radius 1 is 1.40 bits per heavy atom. The fourth-order valence-corrected chi connectivity index (χ4v) is 1.28. The van der Waals surface area contributed by atoms with Crippen molar-refractivity contribution in [3.63, 3.8) is 0 Å². The lowest BCUT2D eigenvalue weighted by atomic mass is 10.1. The monoisotopic (exact) mass is 210 g/mol. The normalized spacial score (nSPS) is 12.5. The maximum atomic E-state index is 9.39. The van der Waals surface area contributed by atoms with E-state index in [0.29, 0.717) is 6.61 Å². The number of aliphatic hydroxyl groups is 1. The molecule has 1 aromatic rings. The molecule has 3 nitrogen and oxygen atoms in total. The molecule has 0 fully saturated rings. The molecule has 0 aliphatic rings. The van der Waals surface area contributed by atoms with Crippen LogP contribution in [0.4, 0.5) is 0 Å². The highest BCUT2D eigenvalue weighted by atomic mass is 16.7. The highest BCUT2D eigenvalue weighted by molar-refractivity contribution is 5.36. The number of hydrogen-bond donors (Lipinski definition) is 1. The van der Waals surface area contributed by atoms with Crippen molar-refractivity contribution in [2.75, 3.05) is 13.4 Å². The molecular weight excluding hydrogens is 192 g/mol. The van der Waals surface area contributed by atoms with Gasteiger partial charge in [-0.25, -0.2) is 0 Å². The van der Waals surface area contributed by atoms with Gasteiger partial charge < -0.3 is 14.6 Å². The number of aryl methyl sites for hydroxylation is 1. The predicted molar refractivity (Wildman–Crippen MR) is 58.9 cm³/mol. The first kappa shape index (κ1) is 12.0. The predicted octanol–water partition coefficient (Wildman–Crippen LogP) is 2.42. The summed E-state index contributed by atoms with van der Waals surface area (Å²) in [5, 5.41) is 9.39. The zero-order valence-corrected chi connectivity index (χ0v) is 9.49. The Morgan fingerprint density at radius 3 is 2.67 bits per heavy atom. The maximum absolute atomic E-state index is 9.39. The molecule has 1 aromatic carbocycles. The lowest BCUT2D eigenvalue weighted by Crippen LogP contribution is -2.03. The summed E-state index contributed by atoms with van der Waals surface area (Å²) in [6.45, 7) is 6.53. The zero-order chi connectivity index (χ0) is 11.3. The summed E-state index contributed by atoms with van der Waals surface area (Å²) in [5.41, 5.74) is 1.91. The fourth-order valence-electron chi connectivity index (χ4n) is 1.28. The molecule has 0 amide bonds. The van der Waals surface area contributed by atoms with Gasteiger partial charge in [0.2, 0.25) is 0 Å². The van der Waals surface area contributed by atoms with Crippen LogP contribution < -0.4 is 4.74 Å². The minimum absolute atomic E-state index is 0.269. The van der Waals surface area contributed by atoms with Crippen molar-refractivity contribution in [3.05, 3.63) is 29.3 Å². The third-order valence-electron chi connectivity index (χ3n) is 2.18. The topological polar surface area (TPSA) is 38.7 Å². The van der Waals surface area contributed by atoms with E-state index in [1.165, 1.54) is 0 Å². The SMILES string of the molecule is CCOCOc1ccc(C(C)O)cc1C. The van der Waals surface area contributed by atoms with Gasteiger partial charge in [-0.3, -0.25) is 0 Å². The van der Waals surface area contributed by atoms with Gasteiger partial charge in [-0.05, 0) is 44.0 Å². The van der Waals surface area contributed by atoms with Gasteiger partial charge >= 0.3 is 0 Å². The van der Waals surface area contributed by atoms with Gasteiger partial charge in [-0.15, -0.1) is 0 Å². The smallest absolute Gasteiger partial charge is 0.189 e. The molecule has 15 heavy (non-hydrogen) atoms. The second-order valence-corrected chi connectivity index (χ2v) is 3.46. The van der Waals surface area contributed by atoms with E-state index in [1.807, 2.05) is 32.0 Å². The summed E-state index contributed by atoms with van der Waals surface area (Å²) in [6, 6.07) is 5.64. The third-order valence-corrected chi connectivity index (χ3v) is 2.18. The Labute approximate surface area is 90.6 Å². The minimum Gasteiger partial charge on any atom is -0.467 e. The van der Waals surface area contributed by atoms with Gasteiger partial charge in [0.25, 0.3) is 0 Å². The van der Waals surface area contributed by atoms with E-state index < -0.39 is 6.10 Å². The molecule has 0 saturated carbocycles. The molecule has 0 aliphatic carbocycles. The Hall–Kier alpha value is -1.06. The van der Waals surface area contributed by atoms with Crippen LogP contribution in [0.2, 0.25) is 0 Å². The molecule has 84 valence electrons. The van der Waals surface area contributed by atoms with E-state index in [4.69, 9.17) is 9.47 Å². The molecule has 1 N–H and O–H groups in total. The fraction of sp³-hybridized carbons (Fsp3) is 0.500. The van der Waals surface area contributed by atoms with Crippen LogP contribution in [0.3, 0.4) is 0 Å². The van der Waals surface area contributed by atoms with Gasteiger partial charge in [-0.2, -0.15) is 0 Å². The Kier molecular flexibility index (Phi) is 4.59. The van der Waals surface area contributed by atoms with E-state index in [-0.39, 0.29) is 6.79 Å². The highest BCUT2D eigenvalue weighted by Crippen LogP contribution is 2.22. The Balaban J connectivity index is 2.66. The molecule has 1 rings (SSSR count). The second-order valence-electron chi connectivity index (χ2n) is 3.46. The first-order valence-electron chi connectivity index (χ1n) is 5.14. The van der Waals surface area contributed by atoms with Gasteiger partial charge in [0.15, 0.2) is 6.79 Å². The summed E-state index contributed by atoms with van der Waals surface area (Å²) in [7, 11) is 0. The third kappa shape index (κ3) is 3.53. The van der Waals surface area contributed by atoms with Gasteiger partial charge in [-0.1, -0.05) is 6.07 Å². The molecule has 0 radical (unpaired) electrons. The largest absolute Gasteiger partial charge is 0.467 e. The van der Waals surface area contributed by atoms with E-state index >= 15 is 0 Å². The molecule has 0 aliphatic heterocycles. The van der Waals surface area contributed by atoms with Gasteiger partial charge in [0.05, 0.1) is 6.10 Å². The number of rotatable bonds is 5. The average Bonchev–Trinajstić information content (AvgIpc) is 2.20. The maximum Gasteiger partial charge on any atom is 0.189 e. The minimum atomic E-state index is -0.440. The van der Waals surface area contributed by atoms with Gasteiger partial charge in [0, 0.05) is 6.61 Å². The van der Waals surface area contributed by atoms with Crippen LogP contribution in [-0.4, -0.2) is 18.5 Å². The van der Waals surface area contributed by atoms with Crippen molar-refractivity contribution < 1.29 is 14.6 Å². The van der Waals surface area contributed by atoms with Crippen LogP contribution in [0.5, 0.6) is 5.75 Å². The van der Waals surface area contributed by atoms with Crippen LogP contribution in [-0.2, 0) is 4.74 Å². The zero-order valence-electron chi connectivity index (χ0n) is 9.49. The summed E-state index contributed by atoms with van der Waals surface area (Å²) in [6.07, 6.45) is -0.440. The van der Waals surface area contributed by atoms with E-state index in [0.717, 1.165) is 16.9 Å². The number of ether oxygens (including phenoxy) is 2. The summed E-state index contributed by atoms with van der Waals surface area (Å²) >= 11 is 0. The quantitative estimate of drug-likeness (QED) is 0.599.